The highest BCUT2D eigenvalue weighted by Gasteiger charge is 2.34. The van der Waals surface area contributed by atoms with Gasteiger partial charge in [0.25, 0.3) is 5.91 Å². The minimum Gasteiger partial charge on any atom is -0.325 e. The van der Waals surface area contributed by atoms with Crippen molar-refractivity contribution in [2.45, 2.75) is 6.92 Å². The standard InChI is InChI=1S/C22H21N5O4/c1-13-4-7-15(8-5-13)23-19(28)12-27-20(29)16(24-21(27)30)10-14-6-9-17-18(11-14)26(3)22(31)25(17)2/h4-11H,12H2,1-3H3,(H,23,28)(H,24,30)/b16-10+. The number of urea groups is 1. The summed E-state index contributed by atoms with van der Waals surface area (Å²) in [4.78, 5) is 50.2. The van der Waals surface area contributed by atoms with E-state index in [2.05, 4.69) is 10.6 Å². The summed E-state index contributed by atoms with van der Waals surface area (Å²) in [6, 6.07) is 11.8. The maximum absolute atomic E-state index is 12.7. The lowest BCUT2D eigenvalue weighted by atomic mass is 10.1. The summed E-state index contributed by atoms with van der Waals surface area (Å²) >= 11 is 0. The molecule has 2 aromatic carbocycles. The average molecular weight is 419 g/mol. The third kappa shape index (κ3) is 3.73. The van der Waals surface area contributed by atoms with Gasteiger partial charge in [0.15, 0.2) is 0 Å². The van der Waals surface area contributed by atoms with Crippen LogP contribution in [0.5, 0.6) is 0 Å². The second-order valence-corrected chi connectivity index (χ2v) is 7.44. The van der Waals surface area contributed by atoms with E-state index >= 15 is 0 Å². The molecule has 2 heterocycles. The summed E-state index contributed by atoms with van der Waals surface area (Å²) in [7, 11) is 3.35. The summed E-state index contributed by atoms with van der Waals surface area (Å²) in [6.45, 7) is 1.53. The first-order chi connectivity index (χ1) is 14.7. The van der Waals surface area contributed by atoms with Gasteiger partial charge in [-0.2, -0.15) is 0 Å². The van der Waals surface area contributed by atoms with Gasteiger partial charge in [-0.25, -0.2) is 14.5 Å². The Hall–Kier alpha value is -4.14. The average Bonchev–Trinajstić information content (AvgIpc) is 3.12. The Morgan fingerprint density at radius 1 is 1.00 bits per heavy atom. The molecule has 2 N–H and O–H groups in total. The smallest absolute Gasteiger partial charge is 0.325 e. The first kappa shape index (κ1) is 20.1. The molecule has 1 aliphatic heterocycles. The molecule has 4 amide bonds. The Kier molecular flexibility index (Phi) is 4.94. The van der Waals surface area contributed by atoms with Gasteiger partial charge >= 0.3 is 11.7 Å². The van der Waals surface area contributed by atoms with Gasteiger partial charge in [0, 0.05) is 19.8 Å². The predicted octanol–water partition coefficient (Wildman–Crippen LogP) is 1.72. The van der Waals surface area contributed by atoms with E-state index in [0.717, 1.165) is 16.0 Å². The highest BCUT2D eigenvalue weighted by molar-refractivity contribution is 6.16. The van der Waals surface area contributed by atoms with Crippen LogP contribution in [0.2, 0.25) is 0 Å². The number of imide groups is 1. The number of imidazole rings is 1. The minimum atomic E-state index is -0.663. The summed E-state index contributed by atoms with van der Waals surface area (Å²) in [5.41, 5.74) is 3.64. The molecule has 0 bridgehead atoms. The second-order valence-electron chi connectivity index (χ2n) is 7.44. The zero-order valence-corrected chi connectivity index (χ0v) is 17.3. The van der Waals surface area contributed by atoms with Gasteiger partial charge in [-0.15, -0.1) is 0 Å². The fourth-order valence-electron chi connectivity index (χ4n) is 3.48. The Morgan fingerprint density at radius 2 is 1.68 bits per heavy atom. The van der Waals surface area contributed by atoms with Gasteiger partial charge in [0.1, 0.15) is 12.2 Å². The van der Waals surface area contributed by atoms with E-state index in [1.807, 2.05) is 19.1 Å². The molecule has 31 heavy (non-hydrogen) atoms. The number of nitrogens with zero attached hydrogens (tertiary/aromatic N) is 3. The molecular formula is C22H21N5O4. The van der Waals surface area contributed by atoms with Crippen LogP contribution >= 0.6 is 0 Å². The van der Waals surface area contributed by atoms with Crippen LogP contribution in [-0.2, 0) is 23.7 Å². The summed E-state index contributed by atoms with van der Waals surface area (Å²) in [5, 5.41) is 5.17. The molecule has 0 atom stereocenters. The predicted molar refractivity (Wildman–Crippen MR) is 116 cm³/mol. The zero-order valence-electron chi connectivity index (χ0n) is 17.3. The van der Waals surface area contributed by atoms with E-state index in [1.54, 1.807) is 44.4 Å². The van der Waals surface area contributed by atoms with E-state index in [4.69, 9.17) is 0 Å². The van der Waals surface area contributed by atoms with Crippen molar-refractivity contribution in [3.8, 4) is 0 Å². The molecule has 9 heteroatoms. The highest BCUT2D eigenvalue weighted by Crippen LogP contribution is 2.19. The van der Waals surface area contributed by atoms with Gasteiger partial charge < -0.3 is 10.6 Å². The molecule has 0 saturated carbocycles. The molecule has 1 fully saturated rings. The molecule has 1 aliphatic rings. The SMILES string of the molecule is Cc1ccc(NC(=O)CN2C(=O)N/C(=C/c3ccc4c(c3)n(C)c(=O)n4C)C2=O)cc1. The van der Waals surface area contributed by atoms with Crippen LogP contribution in [-0.4, -0.2) is 38.4 Å². The summed E-state index contributed by atoms with van der Waals surface area (Å²) in [6.07, 6.45) is 1.52. The van der Waals surface area contributed by atoms with Crippen LogP contribution in [0, 0.1) is 6.92 Å². The number of carbonyl (C=O) groups excluding carboxylic acids is 3. The molecule has 0 spiro atoms. The van der Waals surface area contributed by atoms with Crippen molar-refractivity contribution in [2.24, 2.45) is 14.1 Å². The number of rotatable bonds is 4. The lowest BCUT2D eigenvalue weighted by molar-refractivity contribution is -0.127. The number of fused-ring (bicyclic) bond motifs is 1. The quantitative estimate of drug-likeness (QED) is 0.496. The number of hydrogen-bond acceptors (Lipinski definition) is 4. The van der Waals surface area contributed by atoms with Gasteiger partial charge in [0.2, 0.25) is 5.91 Å². The maximum Gasteiger partial charge on any atom is 0.329 e. The maximum atomic E-state index is 12.7. The van der Waals surface area contributed by atoms with Crippen LogP contribution in [0.15, 0.2) is 53.0 Å². The molecule has 9 nitrogen and oxygen atoms in total. The number of benzene rings is 2. The molecule has 0 radical (unpaired) electrons. The van der Waals surface area contributed by atoms with Crippen LogP contribution < -0.4 is 16.3 Å². The number of nitrogens with one attached hydrogen (secondary N) is 2. The molecule has 1 aromatic heterocycles. The topological polar surface area (TPSA) is 105 Å². The number of anilines is 1. The molecular weight excluding hydrogens is 398 g/mol. The molecule has 0 unspecified atom stereocenters. The van der Waals surface area contributed by atoms with E-state index in [9.17, 15) is 19.2 Å². The van der Waals surface area contributed by atoms with Crippen molar-refractivity contribution in [3.05, 3.63) is 69.8 Å². The van der Waals surface area contributed by atoms with E-state index in [1.165, 1.54) is 15.2 Å². The minimum absolute atomic E-state index is 0.0633. The molecule has 158 valence electrons. The molecule has 3 aromatic rings. The molecule has 0 aliphatic carbocycles. The highest BCUT2D eigenvalue weighted by atomic mass is 16.2. The van der Waals surface area contributed by atoms with Crippen LogP contribution in [0.3, 0.4) is 0 Å². The van der Waals surface area contributed by atoms with Gasteiger partial charge in [-0.05, 0) is 42.8 Å². The third-order valence-electron chi connectivity index (χ3n) is 5.21. The zero-order chi connectivity index (χ0) is 22.3. The van der Waals surface area contributed by atoms with Crippen molar-refractivity contribution in [1.82, 2.24) is 19.4 Å². The lowest BCUT2D eigenvalue weighted by Gasteiger charge is -2.12. The van der Waals surface area contributed by atoms with Gasteiger partial charge in [0.05, 0.1) is 11.0 Å². The normalized spacial score (nSPS) is 15.1. The number of hydrogen-bond donors (Lipinski definition) is 2. The second kappa shape index (κ2) is 7.60. The van der Waals surface area contributed by atoms with Crippen molar-refractivity contribution in [1.29, 1.82) is 0 Å². The Bertz CT molecular complexity index is 1310. The Morgan fingerprint density at radius 3 is 2.39 bits per heavy atom. The number of amides is 4. The van der Waals surface area contributed by atoms with E-state index < -0.39 is 24.4 Å². The molecule has 1 saturated heterocycles. The number of aryl methyl sites for hydroxylation is 3. The van der Waals surface area contributed by atoms with E-state index in [0.29, 0.717) is 16.8 Å². The van der Waals surface area contributed by atoms with Crippen LogP contribution in [0.1, 0.15) is 11.1 Å². The van der Waals surface area contributed by atoms with Crippen molar-refractivity contribution >= 4 is 40.6 Å². The van der Waals surface area contributed by atoms with Gasteiger partial charge in [-0.3, -0.25) is 18.7 Å². The van der Waals surface area contributed by atoms with Crippen molar-refractivity contribution in [2.75, 3.05) is 11.9 Å². The van der Waals surface area contributed by atoms with Crippen molar-refractivity contribution in [3.63, 3.8) is 0 Å². The van der Waals surface area contributed by atoms with Crippen LogP contribution in [0.4, 0.5) is 10.5 Å². The first-order valence-electron chi connectivity index (χ1n) is 9.61. The van der Waals surface area contributed by atoms with Crippen LogP contribution in [0.25, 0.3) is 17.1 Å². The van der Waals surface area contributed by atoms with Crippen molar-refractivity contribution < 1.29 is 14.4 Å². The largest absolute Gasteiger partial charge is 0.329 e. The first-order valence-corrected chi connectivity index (χ1v) is 9.61. The molecule has 4 rings (SSSR count). The van der Waals surface area contributed by atoms with E-state index in [-0.39, 0.29) is 11.4 Å². The fraction of sp³-hybridized carbons (Fsp3) is 0.182. The Balaban J connectivity index is 1.52. The number of carbonyl (C=O) groups is 3. The lowest BCUT2D eigenvalue weighted by Crippen LogP contribution is -2.38. The van der Waals surface area contributed by atoms with Gasteiger partial charge in [-0.1, -0.05) is 23.8 Å². The monoisotopic (exact) mass is 419 g/mol. The fourth-order valence-corrected chi connectivity index (χ4v) is 3.48. The summed E-state index contributed by atoms with van der Waals surface area (Å²) < 4.78 is 3.04. The third-order valence-corrected chi connectivity index (χ3v) is 5.21. The number of aromatic nitrogens is 2. The summed E-state index contributed by atoms with van der Waals surface area (Å²) in [5.74, 6) is -1.07. The Labute approximate surface area is 177 Å².